The minimum Gasteiger partial charge on any atom is -0.264 e. The molecular weight excluding hydrogens is 1100 g/mol. The van der Waals surface area contributed by atoms with E-state index >= 15 is 0 Å². The van der Waals surface area contributed by atoms with Crippen LogP contribution in [0.5, 0.6) is 0 Å². The van der Waals surface area contributed by atoms with Gasteiger partial charge in [0.1, 0.15) is 0 Å². The lowest BCUT2D eigenvalue weighted by molar-refractivity contribution is 1.35. The Labute approximate surface area is 523 Å². The summed E-state index contributed by atoms with van der Waals surface area (Å²) in [5, 5.41) is 29.5. The third-order valence-electron chi connectivity index (χ3n) is 16.9. The lowest BCUT2D eigenvalue weighted by atomic mass is 9.96. The maximum absolute atomic E-state index is 7.84. The standard InChI is InChI=1S/2C17H11N.3C16H10N2/c1-2-7-14-12(6-1)13-8-3-4-9-15(13)17-16(14)10-5-11-18-17;1-2-7-14-12(5-1)13-6-3-4-8-15(13)17-11-18-10-9-16(14)17;1-2-6-12-11(5-1)13-7-3-9-17-15(13)16-14(12)8-4-10-18-16;1-2-5-12-11(4-1)13-7-9-17-10-15(13)16-14(12)6-3-8-18-16;1-2-4-12-11(3-1)13-5-7-17-9-15(13)16-10-18-8-6-14(12)16/h2*1-11H;3*1-10H/i2*4D;1D;2D;1D. The van der Waals surface area contributed by atoms with Gasteiger partial charge in [-0.25, -0.2) is 0 Å². The van der Waals surface area contributed by atoms with Crippen LogP contribution < -0.4 is 0 Å². The van der Waals surface area contributed by atoms with Crippen LogP contribution in [0.25, 0.3) is 162 Å². The lowest BCUT2D eigenvalue weighted by Gasteiger charge is -2.09. The number of hydrogen-bond acceptors (Lipinski definition) is 8. The number of pyridine rings is 8. The Morgan fingerprint density at radius 1 is 0.156 bits per heavy atom. The number of fused-ring (bicyclic) bond motifs is 30. The van der Waals surface area contributed by atoms with E-state index in [0.29, 0.717) is 30.2 Å². The molecule has 0 atom stereocenters. The molecule has 0 N–H and O–H groups in total. The summed E-state index contributed by atoms with van der Waals surface area (Å²) < 4.78 is 39.2. The summed E-state index contributed by atoms with van der Waals surface area (Å²) >= 11 is 0. The second-order valence-corrected chi connectivity index (χ2v) is 21.7. The molecule has 0 saturated carbocycles. The number of aromatic nitrogens is 8. The Morgan fingerprint density at radius 3 is 0.722 bits per heavy atom. The van der Waals surface area contributed by atoms with Gasteiger partial charge in [-0.05, 0) is 140 Å². The van der Waals surface area contributed by atoms with Crippen molar-refractivity contribution in [2.45, 2.75) is 0 Å². The third kappa shape index (κ3) is 9.35. The molecule has 0 unspecified atom stereocenters. The largest absolute Gasteiger partial charge is 0.264 e. The normalized spacial score (nSPS) is 12.1. The van der Waals surface area contributed by atoms with Crippen LogP contribution in [0.4, 0.5) is 0 Å². The summed E-state index contributed by atoms with van der Waals surface area (Å²) in [4.78, 5) is 34.8. The van der Waals surface area contributed by atoms with E-state index in [1.807, 2.05) is 183 Å². The zero-order valence-corrected chi connectivity index (χ0v) is 48.2. The molecule has 0 bridgehead atoms. The highest BCUT2D eigenvalue weighted by Crippen LogP contribution is 2.38. The number of rotatable bonds is 0. The number of nitrogens with zero attached hydrogens (tertiary/aromatic N) is 8. The van der Waals surface area contributed by atoms with Crippen molar-refractivity contribution in [3.63, 3.8) is 0 Å². The van der Waals surface area contributed by atoms with Gasteiger partial charge in [0, 0.05) is 123 Å². The first-order valence-electron chi connectivity index (χ1n) is 32.1. The minimum atomic E-state index is 0.515. The van der Waals surface area contributed by atoms with Gasteiger partial charge in [-0.1, -0.05) is 194 Å². The molecule has 0 aliphatic carbocycles. The Hall–Kier alpha value is -12.3. The van der Waals surface area contributed by atoms with Crippen molar-refractivity contribution in [1.29, 1.82) is 0 Å². The Morgan fingerprint density at radius 2 is 0.356 bits per heavy atom. The summed E-state index contributed by atoms with van der Waals surface area (Å²) in [6.45, 7) is 0. The lowest BCUT2D eigenvalue weighted by Crippen LogP contribution is -1.87. The fraction of sp³-hybridized carbons (Fsp3) is 0. The van der Waals surface area contributed by atoms with Crippen molar-refractivity contribution in [2.75, 3.05) is 0 Å². The molecule has 20 aromatic rings. The molecular formula is C82H52N8. The molecule has 0 aliphatic heterocycles. The zero-order chi connectivity index (χ0) is 64.1. The smallest absolute Gasteiger partial charge is 0.0970 e. The molecule has 0 fully saturated rings. The van der Waals surface area contributed by atoms with Gasteiger partial charge in [0.15, 0.2) is 0 Å². The van der Waals surface area contributed by atoms with E-state index in [2.05, 4.69) is 107 Å². The number of benzene rings is 12. The summed E-state index contributed by atoms with van der Waals surface area (Å²) in [6.07, 6.45) is 21.9. The first kappa shape index (κ1) is 47.9. The summed E-state index contributed by atoms with van der Waals surface area (Å²) in [7, 11) is 0. The van der Waals surface area contributed by atoms with Crippen molar-refractivity contribution in [3.05, 3.63) is 317 Å². The van der Waals surface area contributed by atoms with Crippen LogP contribution >= 0.6 is 0 Å². The van der Waals surface area contributed by atoms with E-state index < -0.39 is 0 Å². The highest BCUT2D eigenvalue weighted by Gasteiger charge is 2.13. The van der Waals surface area contributed by atoms with Crippen LogP contribution in [0.15, 0.2) is 317 Å². The minimum absolute atomic E-state index is 0.515. The molecule has 12 aromatic carbocycles. The van der Waals surface area contributed by atoms with Gasteiger partial charge in [0.2, 0.25) is 0 Å². The highest BCUT2D eigenvalue weighted by molar-refractivity contribution is 6.28. The van der Waals surface area contributed by atoms with Crippen molar-refractivity contribution in [3.8, 4) is 0 Å². The van der Waals surface area contributed by atoms with Crippen molar-refractivity contribution >= 4 is 162 Å². The average molecular weight is 1150 g/mol. The second-order valence-electron chi connectivity index (χ2n) is 21.7. The van der Waals surface area contributed by atoms with E-state index in [1.165, 1.54) is 32.3 Å². The second kappa shape index (κ2) is 23.2. The van der Waals surface area contributed by atoms with Crippen molar-refractivity contribution in [2.24, 2.45) is 0 Å². The Balaban J connectivity index is 0.0000000937. The van der Waals surface area contributed by atoms with Gasteiger partial charge < -0.3 is 0 Å². The molecule has 0 saturated heterocycles. The van der Waals surface area contributed by atoms with Gasteiger partial charge in [-0.2, -0.15) is 0 Å². The Bertz CT molecular complexity index is 5380. The molecule has 0 radical (unpaired) electrons. The van der Waals surface area contributed by atoms with Crippen LogP contribution in [-0.2, 0) is 0 Å². The van der Waals surface area contributed by atoms with Crippen LogP contribution in [-0.4, -0.2) is 39.9 Å². The van der Waals surface area contributed by atoms with E-state index in [-0.39, 0.29) is 0 Å². The van der Waals surface area contributed by atoms with Crippen LogP contribution in [0, 0.1) is 0 Å². The predicted molar refractivity (Wildman–Crippen MR) is 377 cm³/mol. The SMILES string of the molecule is [2H]c1ccc2c(c1)c1cccnc1c1cnccc21.[2H]c1ccc2c(c1)c1cccnc1c1ncccc21.[2H]c1ccc2c3ccccc3c3cccnc3c2c1.[2H]c1ccc2c3ccccc3c3ccncc3c2c1.[2H]c1ccc2c3ccncc3c3cnccc3c2c1. The molecule has 8 aromatic heterocycles. The van der Waals surface area contributed by atoms with Crippen LogP contribution in [0.3, 0.4) is 0 Å². The molecule has 420 valence electrons. The Kier molecular flexibility index (Phi) is 12.4. The first-order chi connectivity index (χ1) is 46.7. The number of hydrogen-bond donors (Lipinski definition) is 0. The monoisotopic (exact) mass is 1150 g/mol. The topological polar surface area (TPSA) is 103 Å². The summed E-state index contributed by atoms with van der Waals surface area (Å²) in [5.74, 6) is 0. The van der Waals surface area contributed by atoms with Crippen molar-refractivity contribution < 1.29 is 6.85 Å². The zero-order valence-electron chi connectivity index (χ0n) is 53.2. The van der Waals surface area contributed by atoms with Gasteiger partial charge >= 0.3 is 0 Å². The molecule has 0 amide bonds. The van der Waals surface area contributed by atoms with E-state index in [0.717, 1.165) is 130 Å². The van der Waals surface area contributed by atoms with E-state index in [1.54, 1.807) is 37.2 Å². The average Bonchev–Trinajstić information content (AvgIpc) is 0.792. The van der Waals surface area contributed by atoms with Gasteiger partial charge in [-0.3, -0.25) is 39.9 Å². The predicted octanol–water partition coefficient (Wildman–Crippen LogP) is 20.9. The molecule has 8 heterocycles. The van der Waals surface area contributed by atoms with Gasteiger partial charge in [0.05, 0.1) is 28.9 Å². The first-order valence-corrected chi connectivity index (χ1v) is 29.6. The molecule has 8 nitrogen and oxygen atoms in total. The fourth-order valence-electron chi connectivity index (χ4n) is 13.0. The molecule has 20 rings (SSSR count). The molecule has 0 spiro atoms. The maximum Gasteiger partial charge on any atom is 0.0970 e. The highest BCUT2D eigenvalue weighted by atomic mass is 14.7. The van der Waals surface area contributed by atoms with E-state index in [4.69, 9.17) is 6.85 Å². The molecule has 8 heteroatoms. The van der Waals surface area contributed by atoms with Gasteiger partial charge in [0.25, 0.3) is 0 Å². The van der Waals surface area contributed by atoms with Crippen LogP contribution in [0.2, 0.25) is 0 Å². The maximum atomic E-state index is 7.84. The van der Waals surface area contributed by atoms with Crippen LogP contribution in [0.1, 0.15) is 6.85 Å². The van der Waals surface area contributed by atoms with E-state index in [9.17, 15) is 0 Å². The molecule has 0 aliphatic rings. The quantitative estimate of drug-likeness (QED) is 0.138. The summed E-state index contributed by atoms with van der Waals surface area (Å²) in [5.41, 5.74) is 3.74. The molecule has 90 heavy (non-hydrogen) atoms. The summed E-state index contributed by atoms with van der Waals surface area (Å²) in [6, 6.07) is 72.2. The van der Waals surface area contributed by atoms with Gasteiger partial charge in [-0.15, -0.1) is 0 Å². The fourth-order valence-corrected chi connectivity index (χ4v) is 13.0. The van der Waals surface area contributed by atoms with Crippen molar-refractivity contribution in [1.82, 2.24) is 39.9 Å². The third-order valence-corrected chi connectivity index (χ3v) is 16.9.